The molecule has 134 valence electrons. The van der Waals surface area contributed by atoms with Gasteiger partial charge in [0.25, 0.3) is 0 Å². The third kappa shape index (κ3) is 4.08. The second-order valence-electron chi connectivity index (χ2n) is 6.74. The van der Waals surface area contributed by atoms with E-state index in [1.54, 1.807) is 14.2 Å². The summed E-state index contributed by atoms with van der Waals surface area (Å²) in [6.45, 7) is 4.11. The zero-order valence-electron chi connectivity index (χ0n) is 15.6. The van der Waals surface area contributed by atoms with Crippen molar-refractivity contribution >= 4 is 5.78 Å². The minimum Gasteiger partial charge on any atom is -0.492 e. The van der Waals surface area contributed by atoms with Crippen LogP contribution in [0.5, 0.6) is 11.5 Å². The molecule has 24 heavy (non-hydrogen) atoms. The molecule has 0 spiro atoms. The number of ketones is 1. The molecule has 0 unspecified atom stereocenters. The van der Waals surface area contributed by atoms with Crippen LogP contribution in [-0.4, -0.2) is 25.0 Å². The highest BCUT2D eigenvalue weighted by Gasteiger charge is 2.32. The highest BCUT2D eigenvalue weighted by molar-refractivity contribution is 5.98. The average Bonchev–Trinajstić information content (AvgIpc) is 2.58. The van der Waals surface area contributed by atoms with Gasteiger partial charge in [0.15, 0.2) is 17.3 Å². The van der Waals surface area contributed by atoms with E-state index in [4.69, 9.17) is 9.47 Å². The van der Waals surface area contributed by atoms with Crippen LogP contribution in [0.1, 0.15) is 92.4 Å². The fourth-order valence-electron chi connectivity index (χ4n) is 3.74. The maximum Gasteiger partial charge on any atom is 0.182 e. The maximum atomic E-state index is 12.3. The van der Waals surface area contributed by atoms with Crippen molar-refractivity contribution in [3.63, 3.8) is 0 Å². The van der Waals surface area contributed by atoms with Gasteiger partial charge in [-0.25, -0.2) is 4.98 Å². The average molecular weight is 333 g/mol. The minimum atomic E-state index is 0.133. The van der Waals surface area contributed by atoms with E-state index in [2.05, 4.69) is 11.9 Å². The lowest BCUT2D eigenvalue weighted by Gasteiger charge is -2.27. The number of pyridine rings is 1. The van der Waals surface area contributed by atoms with Crippen LogP contribution < -0.4 is 9.47 Å². The maximum absolute atomic E-state index is 12.3. The minimum absolute atomic E-state index is 0.133. The Kier molecular flexibility index (Phi) is 7.07. The molecule has 0 bridgehead atoms. The number of unbranched alkanes of at least 4 members (excludes halogenated alkanes) is 5. The van der Waals surface area contributed by atoms with Crippen LogP contribution in [0, 0.1) is 6.92 Å². The Hall–Kier alpha value is -1.58. The first-order valence-electron chi connectivity index (χ1n) is 9.29. The molecule has 1 atom stereocenters. The predicted molar refractivity (Wildman–Crippen MR) is 96.4 cm³/mol. The van der Waals surface area contributed by atoms with Gasteiger partial charge >= 0.3 is 0 Å². The molecule has 0 aromatic carbocycles. The smallest absolute Gasteiger partial charge is 0.182 e. The monoisotopic (exact) mass is 333 g/mol. The molecule has 1 aromatic heterocycles. The number of nitrogens with zero attached hydrogens (tertiary/aromatic N) is 1. The zero-order valence-corrected chi connectivity index (χ0v) is 15.6. The van der Waals surface area contributed by atoms with Crippen molar-refractivity contribution in [2.75, 3.05) is 14.2 Å². The van der Waals surface area contributed by atoms with Crippen LogP contribution in [0.3, 0.4) is 0 Å². The molecule has 1 aliphatic carbocycles. The van der Waals surface area contributed by atoms with Crippen molar-refractivity contribution < 1.29 is 14.3 Å². The van der Waals surface area contributed by atoms with Crippen molar-refractivity contribution in [2.45, 2.75) is 77.6 Å². The first-order valence-corrected chi connectivity index (χ1v) is 9.29. The normalized spacial score (nSPS) is 16.8. The molecule has 4 heteroatoms. The van der Waals surface area contributed by atoms with E-state index >= 15 is 0 Å². The predicted octanol–water partition coefficient (Wildman–Crippen LogP) is 5.22. The summed E-state index contributed by atoms with van der Waals surface area (Å²) in [6, 6.07) is 0. The topological polar surface area (TPSA) is 48.4 Å². The van der Waals surface area contributed by atoms with Gasteiger partial charge in [-0.2, -0.15) is 0 Å². The van der Waals surface area contributed by atoms with Crippen LogP contribution in [0.25, 0.3) is 0 Å². The summed E-state index contributed by atoms with van der Waals surface area (Å²) in [5, 5.41) is 0. The van der Waals surface area contributed by atoms with E-state index in [1.807, 2.05) is 6.92 Å². The molecule has 0 saturated carbocycles. The number of fused-ring (bicyclic) bond motifs is 1. The molecule has 1 aliphatic rings. The molecule has 0 radical (unpaired) electrons. The number of carbonyl (C=O) groups excluding carboxylic acids is 1. The summed E-state index contributed by atoms with van der Waals surface area (Å²) in [7, 11) is 3.28. The Labute approximate surface area is 146 Å². The van der Waals surface area contributed by atoms with Crippen molar-refractivity contribution in [2.24, 2.45) is 0 Å². The number of hydrogen-bond acceptors (Lipinski definition) is 4. The zero-order chi connectivity index (χ0) is 17.5. The summed E-state index contributed by atoms with van der Waals surface area (Å²) in [5.74, 6) is 1.86. The number of methoxy groups -OCH3 is 2. The van der Waals surface area contributed by atoms with Gasteiger partial charge in [-0.05, 0) is 25.7 Å². The number of aryl methyl sites for hydroxylation is 1. The number of carbonyl (C=O) groups is 1. The second-order valence-corrected chi connectivity index (χ2v) is 6.74. The van der Waals surface area contributed by atoms with E-state index in [-0.39, 0.29) is 5.78 Å². The van der Waals surface area contributed by atoms with Gasteiger partial charge in [0.1, 0.15) is 5.69 Å². The Morgan fingerprint density at radius 3 is 2.38 bits per heavy atom. The molecule has 0 saturated heterocycles. The van der Waals surface area contributed by atoms with Gasteiger partial charge in [0.2, 0.25) is 0 Å². The second kappa shape index (κ2) is 9.05. The molecule has 1 aromatic rings. The molecular weight excluding hydrogens is 302 g/mol. The summed E-state index contributed by atoms with van der Waals surface area (Å²) < 4.78 is 11.1. The number of ether oxygens (including phenoxy) is 2. The fraction of sp³-hybridized carbons (Fsp3) is 0.700. The largest absolute Gasteiger partial charge is 0.492 e. The van der Waals surface area contributed by atoms with Gasteiger partial charge in [-0.1, -0.05) is 45.4 Å². The van der Waals surface area contributed by atoms with E-state index in [9.17, 15) is 4.79 Å². The van der Waals surface area contributed by atoms with Crippen LogP contribution in [0.4, 0.5) is 0 Å². The molecule has 0 fully saturated rings. The van der Waals surface area contributed by atoms with Crippen LogP contribution in [0.15, 0.2) is 0 Å². The quantitative estimate of drug-likeness (QED) is 0.581. The van der Waals surface area contributed by atoms with Gasteiger partial charge < -0.3 is 9.47 Å². The van der Waals surface area contributed by atoms with E-state index < -0.39 is 0 Å². The van der Waals surface area contributed by atoms with E-state index in [0.717, 1.165) is 24.1 Å². The van der Waals surface area contributed by atoms with Crippen molar-refractivity contribution in [3.8, 4) is 11.5 Å². The van der Waals surface area contributed by atoms with E-state index in [1.165, 1.54) is 38.5 Å². The summed E-state index contributed by atoms with van der Waals surface area (Å²) >= 11 is 0. The fourth-order valence-corrected chi connectivity index (χ4v) is 3.74. The van der Waals surface area contributed by atoms with Crippen LogP contribution in [-0.2, 0) is 0 Å². The Balaban J connectivity index is 2.17. The first-order chi connectivity index (χ1) is 11.6. The Morgan fingerprint density at radius 1 is 1.04 bits per heavy atom. The highest BCUT2D eigenvalue weighted by Crippen LogP contribution is 2.45. The number of Topliss-reactive ketones (excluding diaryl/α,β-unsaturated/α-hetero) is 1. The lowest BCUT2D eigenvalue weighted by Crippen LogP contribution is -2.20. The molecule has 2 rings (SSSR count). The lowest BCUT2D eigenvalue weighted by atomic mass is 9.80. The van der Waals surface area contributed by atoms with Gasteiger partial charge in [0, 0.05) is 12.0 Å². The molecule has 0 N–H and O–H groups in total. The van der Waals surface area contributed by atoms with E-state index in [0.29, 0.717) is 29.5 Å². The van der Waals surface area contributed by atoms with Gasteiger partial charge in [-0.3, -0.25) is 4.79 Å². The molecule has 4 nitrogen and oxygen atoms in total. The Morgan fingerprint density at radius 2 is 1.71 bits per heavy atom. The third-order valence-electron chi connectivity index (χ3n) is 5.02. The highest BCUT2D eigenvalue weighted by atomic mass is 16.5. The van der Waals surface area contributed by atoms with Crippen LogP contribution in [0.2, 0.25) is 0 Å². The SMILES string of the molecule is CCCCCCCC[C@H]1CCC(=O)c2nc(C)c(OC)c(OC)c21. The third-order valence-corrected chi connectivity index (χ3v) is 5.02. The molecular formula is C20H31NO3. The number of aromatic nitrogens is 1. The molecule has 0 aliphatic heterocycles. The van der Waals surface area contributed by atoms with Gasteiger partial charge in [-0.15, -0.1) is 0 Å². The summed E-state index contributed by atoms with van der Waals surface area (Å²) in [5.41, 5.74) is 2.30. The number of hydrogen-bond donors (Lipinski definition) is 0. The van der Waals surface area contributed by atoms with Crippen LogP contribution >= 0.6 is 0 Å². The van der Waals surface area contributed by atoms with Gasteiger partial charge in [0.05, 0.1) is 19.9 Å². The molecule has 1 heterocycles. The Bertz CT molecular complexity index is 568. The molecule has 0 amide bonds. The van der Waals surface area contributed by atoms with Crippen molar-refractivity contribution in [3.05, 3.63) is 17.0 Å². The summed E-state index contributed by atoms with van der Waals surface area (Å²) in [4.78, 5) is 16.9. The first kappa shape index (κ1) is 18.8. The standard InChI is InChI=1S/C20H31NO3/c1-5-6-7-8-9-10-11-15-12-13-16(22)18-17(15)20(24-4)19(23-3)14(2)21-18/h15H,5-13H2,1-4H3/t15-/m0/s1. The number of rotatable bonds is 9. The lowest BCUT2D eigenvalue weighted by molar-refractivity contribution is 0.0958. The summed E-state index contributed by atoms with van der Waals surface area (Å²) in [6.07, 6.45) is 10.3. The van der Waals surface area contributed by atoms with Crippen molar-refractivity contribution in [1.82, 2.24) is 4.98 Å². The van der Waals surface area contributed by atoms with Crippen molar-refractivity contribution in [1.29, 1.82) is 0 Å².